The predicted octanol–water partition coefficient (Wildman–Crippen LogP) is 7.80. The van der Waals surface area contributed by atoms with Crippen LogP contribution in [0.5, 0.6) is 0 Å². The SMILES string of the molecule is COC(=O)c1ccc(-c2cc(-c3cnc(N4CCC4)nc3CN3C(=O)O[C@H](c4cc(C)cc(C(F)(F)F)c4)[C@@H]3C)c(F)cc2F)c(C)c1. The molecule has 0 bridgehead atoms. The van der Waals surface area contributed by atoms with E-state index in [1.54, 1.807) is 32.0 Å². The minimum Gasteiger partial charge on any atom is -0.465 e. The first kappa shape index (κ1) is 32.9. The van der Waals surface area contributed by atoms with E-state index in [0.29, 0.717) is 35.7 Å². The van der Waals surface area contributed by atoms with E-state index in [0.717, 1.165) is 24.6 Å². The van der Waals surface area contributed by atoms with Crippen LogP contribution in [0.4, 0.5) is 32.7 Å². The highest BCUT2D eigenvalue weighted by atomic mass is 19.4. The summed E-state index contributed by atoms with van der Waals surface area (Å²) in [7, 11) is 1.25. The van der Waals surface area contributed by atoms with E-state index in [9.17, 15) is 22.8 Å². The van der Waals surface area contributed by atoms with E-state index in [1.165, 1.54) is 37.3 Å². The fraction of sp³-hybridized carbons (Fsp3) is 0.314. The van der Waals surface area contributed by atoms with Gasteiger partial charge in [-0.25, -0.2) is 28.3 Å². The molecule has 0 aliphatic carbocycles. The van der Waals surface area contributed by atoms with Gasteiger partial charge in [0.25, 0.3) is 0 Å². The van der Waals surface area contributed by atoms with Crippen LogP contribution in [0.3, 0.4) is 0 Å². The van der Waals surface area contributed by atoms with Crippen molar-refractivity contribution in [2.24, 2.45) is 0 Å². The third-order valence-corrected chi connectivity index (χ3v) is 8.75. The summed E-state index contributed by atoms with van der Waals surface area (Å²) in [5.74, 6) is -1.92. The molecule has 2 aliphatic rings. The number of carbonyl (C=O) groups is 2. The van der Waals surface area contributed by atoms with Gasteiger partial charge in [-0.1, -0.05) is 17.7 Å². The molecule has 6 rings (SSSR count). The Morgan fingerprint density at radius 1 is 0.979 bits per heavy atom. The summed E-state index contributed by atoms with van der Waals surface area (Å²) in [5, 5.41) is 0. The van der Waals surface area contributed by atoms with E-state index < -0.39 is 47.6 Å². The number of aryl methyl sites for hydroxylation is 2. The van der Waals surface area contributed by atoms with Crippen LogP contribution in [0.1, 0.15) is 57.8 Å². The second-order valence-corrected chi connectivity index (χ2v) is 12.0. The topological polar surface area (TPSA) is 84.9 Å². The Balaban J connectivity index is 1.39. The van der Waals surface area contributed by atoms with Crippen LogP contribution in [-0.4, -0.2) is 53.2 Å². The first-order chi connectivity index (χ1) is 22.7. The zero-order valence-electron chi connectivity index (χ0n) is 26.5. The van der Waals surface area contributed by atoms with Crippen LogP contribution in [0.25, 0.3) is 22.3 Å². The van der Waals surface area contributed by atoms with Crippen molar-refractivity contribution in [2.45, 2.75) is 52.1 Å². The molecule has 13 heteroatoms. The molecule has 0 saturated carbocycles. The second-order valence-electron chi connectivity index (χ2n) is 12.0. The summed E-state index contributed by atoms with van der Waals surface area (Å²) >= 11 is 0. The first-order valence-electron chi connectivity index (χ1n) is 15.2. The third kappa shape index (κ3) is 6.16. The number of rotatable bonds is 7. The fourth-order valence-corrected chi connectivity index (χ4v) is 6.05. The molecular formula is C35H31F5N4O4. The maximum Gasteiger partial charge on any atom is 0.416 e. The van der Waals surface area contributed by atoms with E-state index >= 15 is 8.78 Å². The molecule has 0 radical (unpaired) electrons. The molecule has 3 aromatic carbocycles. The largest absolute Gasteiger partial charge is 0.465 e. The highest BCUT2D eigenvalue weighted by Gasteiger charge is 2.42. The van der Waals surface area contributed by atoms with Gasteiger partial charge in [0.1, 0.15) is 17.7 Å². The van der Waals surface area contributed by atoms with E-state index in [-0.39, 0.29) is 40.1 Å². The average molecular weight is 667 g/mol. The minimum absolute atomic E-state index is 0.0294. The summed E-state index contributed by atoms with van der Waals surface area (Å²) in [5.41, 5.74) is 1.39. The lowest BCUT2D eigenvalue weighted by Crippen LogP contribution is -2.39. The number of ether oxygens (including phenoxy) is 2. The number of anilines is 1. The Labute approximate surface area is 273 Å². The van der Waals surface area contributed by atoms with Gasteiger partial charge in [-0.3, -0.25) is 4.90 Å². The normalized spacial score (nSPS) is 17.7. The molecule has 0 N–H and O–H groups in total. The molecule has 1 aromatic heterocycles. The number of methoxy groups -OCH3 is 1. The monoisotopic (exact) mass is 666 g/mol. The summed E-state index contributed by atoms with van der Waals surface area (Å²) in [6, 6.07) is 9.47. The average Bonchev–Trinajstić information content (AvgIpc) is 3.28. The molecule has 4 aromatic rings. The number of nitrogens with zero attached hydrogens (tertiary/aromatic N) is 4. The van der Waals surface area contributed by atoms with Crippen molar-refractivity contribution in [1.82, 2.24) is 14.9 Å². The zero-order valence-corrected chi connectivity index (χ0v) is 26.5. The lowest BCUT2D eigenvalue weighted by atomic mass is 9.94. The van der Waals surface area contributed by atoms with Crippen LogP contribution in [0.15, 0.2) is 54.7 Å². The quantitative estimate of drug-likeness (QED) is 0.147. The molecule has 0 spiro atoms. The Kier molecular flexibility index (Phi) is 8.56. The number of hydrogen-bond donors (Lipinski definition) is 0. The van der Waals surface area contributed by atoms with Crippen molar-refractivity contribution in [3.05, 3.63) is 99.9 Å². The van der Waals surface area contributed by atoms with Crippen molar-refractivity contribution in [2.75, 3.05) is 25.1 Å². The molecule has 2 atom stereocenters. The molecule has 2 aliphatic heterocycles. The Morgan fingerprint density at radius 2 is 1.69 bits per heavy atom. The van der Waals surface area contributed by atoms with Crippen molar-refractivity contribution < 1.29 is 41.0 Å². The summed E-state index contributed by atoms with van der Waals surface area (Å²) in [6.07, 6.45) is -4.03. The van der Waals surface area contributed by atoms with E-state index in [1.807, 2.05) is 4.90 Å². The van der Waals surface area contributed by atoms with Gasteiger partial charge < -0.3 is 14.4 Å². The van der Waals surface area contributed by atoms with Gasteiger partial charge in [-0.05, 0) is 74.2 Å². The number of alkyl halides is 3. The number of amides is 1. The van der Waals surface area contributed by atoms with Gasteiger partial charge in [0.15, 0.2) is 0 Å². The molecule has 0 unspecified atom stereocenters. The van der Waals surface area contributed by atoms with E-state index in [2.05, 4.69) is 4.98 Å². The third-order valence-electron chi connectivity index (χ3n) is 8.75. The molecule has 48 heavy (non-hydrogen) atoms. The maximum absolute atomic E-state index is 15.6. The zero-order chi connectivity index (χ0) is 34.5. The summed E-state index contributed by atoms with van der Waals surface area (Å²) in [4.78, 5) is 37.6. The van der Waals surface area contributed by atoms with Crippen LogP contribution in [-0.2, 0) is 22.2 Å². The molecule has 250 valence electrons. The van der Waals surface area contributed by atoms with Crippen LogP contribution in [0, 0.1) is 25.5 Å². The van der Waals surface area contributed by atoms with Crippen molar-refractivity contribution in [3.63, 3.8) is 0 Å². The Morgan fingerprint density at radius 3 is 2.31 bits per heavy atom. The van der Waals surface area contributed by atoms with Crippen molar-refractivity contribution >= 4 is 18.0 Å². The van der Waals surface area contributed by atoms with E-state index in [4.69, 9.17) is 14.5 Å². The van der Waals surface area contributed by atoms with Crippen molar-refractivity contribution in [1.29, 1.82) is 0 Å². The number of hydrogen-bond acceptors (Lipinski definition) is 7. The highest BCUT2D eigenvalue weighted by molar-refractivity contribution is 5.91. The Bertz CT molecular complexity index is 1930. The van der Waals surface area contributed by atoms with Crippen LogP contribution >= 0.6 is 0 Å². The summed E-state index contributed by atoms with van der Waals surface area (Å²) in [6.45, 7) is 6.08. The molecule has 2 fully saturated rings. The molecule has 3 heterocycles. The highest BCUT2D eigenvalue weighted by Crippen LogP contribution is 2.40. The summed E-state index contributed by atoms with van der Waals surface area (Å²) < 4.78 is 82.1. The number of cyclic esters (lactones) is 1. The molecule has 1 amide bonds. The first-order valence-corrected chi connectivity index (χ1v) is 15.2. The number of carbonyl (C=O) groups excluding carboxylic acids is 2. The number of halogens is 5. The van der Waals surface area contributed by atoms with Crippen molar-refractivity contribution in [3.8, 4) is 22.3 Å². The number of benzene rings is 3. The maximum atomic E-state index is 15.6. The lowest BCUT2D eigenvalue weighted by Gasteiger charge is -2.31. The van der Waals surface area contributed by atoms with Gasteiger partial charge >= 0.3 is 18.2 Å². The smallest absolute Gasteiger partial charge is 0.416 e. The fourth-order valence-electron chi connectivity index (χ4n) is 6.05. The number of aromatic nitrogens is 2. The lowest BCUT2D eigenvalue weighted by molar-refractivity contribution is -0.137. The second kappa shape index (κ2) is 12.5. The van der Waals surface area contributed by atoms with Gasteiger partial charge in [-0.15, -0.1) is 0 Å². The predicted molar refractivity (Wildman–Crippen MR) is 166 cm³/mol. The standard InChI is InChI=1S/C35H31F5N4O4/c1-18-10-22(13-23(11-18)35(38,39)40)31-20(3)44(34(46)48-31)17-30-27(16-41-33(42-30)43-8-5-9-43)26-14-25(28(36)15-29(26)37)24-7-6-21(12-19(24)2)32(45)47-4/h6-7,10-16,20,31H,5,8-9,17H2,1-4H3/t20-,31-/m0/s1. The molecular weight excluding hydrogens is 635 g/mol. The molecule has 8 nitrogen and oxygen atoms in total. The number of esters is 1. The van der Waals surface area contributed by atoms with Gasteiger partial charge in [0, 0.05) is 42.0 Å². The van der Waals surface area contributed by atoms with Gasteiger partial charge in [0.05, 0.1) is 36.5 Å². The van der Waals surface area contributed by atoms with Crippen LogP contribution in [0.2, 0.25) is 0 Å². The minimum atomic E-state index is -4.59. The Hall–Kier alpha value is -5.07. The molecule has 2 saturated heterocycles. The van der Waals surface area contributed by atoms with Gasteiger partial charge in [-0.2, -0.15) is 13.2 Å². The van der Waals surface area contributed by atoms with Crippen LogP contribution < -0.4 is 4.90 Å². The van der Waals surface area contributed by atoms with Gasteiger partial charge in [0.2, 0.25) is 5.95 Å².